The maximum Gasteiger partial charge on any atom is 1.00 e. The average Bonchev–Trinajstić information content (AvgIpc) is 2.79. The van der Waals surface area contributed by atoms with Gasteiger partial charge in [-0.1, -0.05) is 0 Å². The van der Waals surface area contributed by atoms with E-state index in [0.29, 0.717) is 0 Å². The van der Waals surface area contributed by atoms with Crippen LogP contribution >= 0.6 is 141 Å². The Hall–Kier alpha value is 56.0. The van der Waals surface area contributed by atoms with Gasteiger partial charge < -0.3 is 346 Å². The van der Waals surface area contributed by atoms with Crippen LogP contribution in [0.5, 0.6) is 0 Å². The van der Waals surface area contributed by atoms with Gasteiger partial charge in [-0.2, -0.15) is 141 Å². The van der Waals surface area contributed by atoms with Crippen LogP contribution in [0.2, 0.25) is 0 Å². The first-order valence-corrected chi connectivity index (χ1v) is 39.4. The fraction of sp³-hybridized carbons (Fsp3) is 0. The summed E-state index contributed by atoms with van der Waals surface area (Å²) in [6.07, 6.45) is 0. The molecule has 144 heavy (non-hydrogen) atoms. The van der Waals surface area contributed by atoms with Crippen molar-refractivity contribution in [1.29, 1.82) is 0 Å². The minimum Gasteiger partial charge on any atom is -0.822 e. The van der Waals surface area contributed by atoms with Gasteiger partial charge in [0.1, 0.15) is 0 Å². The molecule has 144 heteroatoms. The minimum atomic E-state index is -5.39. The van der Waals surface area contributed by atoms with Crippen molar-refractivity contribution in [3.8, 4) is 0 Å². The van der Waals surface area contributed by atoms with Gasteiger partial charge in [0.2, 0.25) is 0 Å². The monoisotopic (exact) mass is 2950 g/mol. The fourth-order valence-electron chi connectivity index (χ4n) is 0. The van der Waals surface area contributed by atoms with Gasteiger partial charge in [0.05, 0.1) is 0 Å². The van der Waals surface area contributed by atoms with Crippen LogP contribution < -0.4 is 1860 Å². The Kier molecular flexibility index (Phi) is 974. The Morgan fingerprint density at radius 2 is 0.0486 bits per heavy atom. The van der Waals surface area contributed by atoms with Crippen LogP contribution in [0.3, 0.4) is 0 Å². The van der Waals surface area contributed by atoms with E-state index in [2.05, 4.69) is 0 Å². The van der Waals surface area contributed by atoms with Gasteiger partial charge in [-0.25, -0.2) is 0 Å². The van der Waals surface area contributed by atoms with Crippen molar-refractivity contribution in [1.82, 2.24) is 0 Å². The van der Waals surface area contributed by atoms with E-state index >= 15 is 0 Å². The van der Waals surface area contributed by atoms with Crippen molar-refractivity contribution in [2.45, 2.75) is 0 Å². The van der Waals surface area contributed by atoms with E-state index in [1.54, 1.807) is 0 Å². The quantitative estimate of drug-likeness (QED) is 0.160. The molecule has 72 nitrogen and oxygen atoms in total. The molecule has 0 aromatic heterocycles. The van der Waals surface area contributed by atoms with Gasteiger partial charge >= 0.3 is 1600 Å². The zero-order valence-electron chi connectivity index (χ0n) is 91.4. The van der Waals surface area contributed by atoms with E-state index < -0.39 is 141 Å². The van der Waals surface area contributed by atoms with Gasteiger partial charge in [0.15, 0.2) is 0 Å². The molecule has 0 unspecified atom stereocenters. The molecule has 0 bridgehead atoms. The molecule has 0 atom stereocenters. The van der Waals surface area contributed by atoms with Crippen LogP contribution in [0.25, 0.3) is 0 Å². The van der Waals surface area contributed by atoms with E-state index in [4.69, 9.17) is 346 Å². The predicted molar refractivity (Wildman–Crippen MR) is 137 cm³/mol. The Balaban J connectivity index is -0.00000000533. The van der Waals surface area contributed by atoms with Crippen molar-refractivity contribution in [3.05, 3.63) is 0 Å². The van der Waals surface area contributed by atoms with Crippen molar-refractivity contribution in [2.75, 3.05) is 0 Å². The maximum absolute atomic E-state index is 8.55. The molecular formula is Na54O72P18. The first-order valence-electron chi connectivity index (χ1n) is 13.1. The first kappa shape index (κ1) is 483. The van der Waals surface area contributed by atoms with E-state index in [9.17, 15) is 0 Å². The molecule has 0 heterocycles. The molecule has 0 aliphatic carbocycles. The average molecular weight is 2950 g/mol. The maximum atomic E-state index is 8.55. The molecule has 0 amide bonds. The van der Waals surface area contributed by atoms with Gasteiger partial charge in [-0.15, -0.1) is 0 Å². The molecule has 0 rings (SSSR count). The molecule has 0 saturated carbocycles. The number of rotatable bonds is 0. The van der Waals surface area contributed by atoms with Crippen molar-refractivity contribution < 1.29 is 1940 Å². The van der Waals surface area contributed by atoms with Gasteiger partial charge in [-0.05, 0) is 0 Å². The van der Waals surface area contributed by atoms with E-state index in [1.165, 1.54) is 0 Å². The summed E-state index contributed by atoms with van der Waals surface area (Å²) in [7, 11) is -97.0. The van der Waals surface area contributed by atoms with Gasteiger partial charge in [0.25, 0.3) is 0 Å². The van der Waals surface area contributed by atoms with Crippen LogP contribution in [0, 0.1) is 0 Å². The smallest absolute Gasteiger partial charge is 0.822 e. The topological polar surface area (TPSA) is 1550 Å². The molecule has 0 spiro atoms. The Labute approximate surface area is 2020 Å². The van der Waals surface area contributed by atoms with Crippen molar-refractivity contribution in [3.63, 3.8) is 0 Å². The summed E-state index contributed by atoms with van der Waals surface area (Å²) in [6.45, 7) is 0. The number of phosphoric acid groups is 18. The third-order valence-electron chi connectivity index (χ3n) is 0. The molecule has 0 aromatic carbocycles. The summed E-state index contributed by atoms with van der Waals surface area (Å²) in [5, 5.41) is 0. The molecule has 0 saturated heterocycles. The zero-order valence-corrected chi connectivity index (χ0v) is 216. The largest absolute Gasteiger partial charge is 1.00 e. The molecule has 576 valence electrons. The van der Waals surface area contributed by atoms with Crippen LogP contribution in [0.15, 0.2) is 0 Å². The van der Waals surface area contributed by atoms with Crippen LogP contribution in [0.1, 0.15) is 0 Å². The molecule has 0 radical (unpaired) electrons. The molecule has 0 aliphatic rings. The van der Waals surface area contributed by atoms with Crippen molar-refractivity contribution >= 4 is 141 Å². The summed E-state index contributed by atoms with van der Waals surface area (Å²) in [5.74, 6) is 0. The second-order valence-corrected chi connectivity index (χ2v) is 24.1. The van der Waals surface area contributed by atoms with Crippen LogP contribution in [-0.4, -0.2) is 0 Å². The Bertz CT molecular complexity index is 1780. The third kappa shape index (κ3) is 2450. The second-order valence-electron chi connectivity index (χ2n) is 8.05. The van der Waals surface area contributed by atoms with E-state index in [1.807, 2.05) is 0 Å². The normalized spacial score (nSPS) is 7.38. The SMILES string of the molecule is O=P([O-])([O-])[O-].O=P([O-])([O-])[O-].O=P([O-])([O-])[O-].O=P([O-])([O-])[O-].O=P([O-])([O-])[O-].O=P([O-])([O-])[O-].O=P([O-])([O-])[O-].O=P([O-])([O-])[O-].O=P([O-])([O-])[O-].O=P([O-])([O-])[O-].O=P([O-])([O-])[O-].O=P([O-])([O-])[O-].O=P([O-])([O-])[O-].O=P([O-])([O-])[O-].O=P([O-])([O-])[O-].O=P([O-])([O-])[O-].O=P([O-])([O-])[O-].O=P([O-])([O-])[O-].[Na+].[Na+].[Na+].[Na+].[Na+].[Na+].[Na+].[Na+].[Na+].[Na+].[Na+].[Na+].[Na+].[Na+].[Na+].[Na+].[Na+].[Na+].[Na+].[Na+].[Na+].[Na+].[Na+].[Na+].[Na+].[Na+].[Na+].[Na+].[Na+].[Na+].[Na+].[Na+].[Na+].[Na+].[Na+].[Na+].[Na+].[Na+].[Na+].[Na+].[Na+].[Na+].[Na+].[Na+].[Na+].[Na+].[Na+].[Na+].[Na+].[Na+].[Na+].[Na+].[Na+].[Na+]. The molecule has 0 aromatic rings. The van der Waals surface area contributed by atoms with Crippen LogP contribution in [-0.2, 0) is 82.2 Å². The summed E-state index contributed by atoms with van der Waals surface area (Å²) in [6, 6.07) is 0. The second kappa shape index (κ2) is 290. The Morgan fingerprint density at radius 1 is 0.0486 bits per heavy atom. The standard InChI is InChI=1S/54Na.18H3O4P/c;;;;;;;;;;;;;;;;;;;;;;;;;;;;;;;;;;;;;;;;;;;;;;;;;;;;;;18*1-5(2,3)4/h;;;;;;;;;;;;;;;;;;;;;;;;;;;;;;;;;;;;;;;;;;;;;;;;;;;;;;18*(H3,1,2,3,4)/q54*+1;;;;;;;;;;;;;;;;;;/p-54. The minimum absolute atomic E-state index is 0. The van der Waals surface area contributed by atoms with Crippen molar-refractivity contribution in [2.24, 2.45) is 0 Å². The number of hydrogen-bond donors (Lipinski definition) is 0. The fourth-order valence-corrected chi connectivity index (χ4v) is 0. The van der Waals surface area contributed by atoms with Crippen LogP contribution in [0.4, 0.5) is 0 Å². The summed E-state index contributed by atoms with van der Waals surface area (Å²) < 4.78 is 154. The first-order chi connectivity index (χ1) is 36.0. The molecule has 0 N–H and O–H groups in total. The summed E-state index contributed by atoms with van der Waals surface area (Å²) >= 11 is 0. The van der Waals surface area contributed by atoms with Gasteiger partial charge in [-0.3, -0.25) is 0 Å². The summed E-state index contributed by atoms with van der Waals surface area (Å²) in [4.78, 5) is 462. The molecule has 0 aliphatic heterocycles. The number of hydrogen-bond acceptors (Lipinski definition) is 72. The Morgan fingerprint density at radius 3 is 0.0486 bits per heavy atom. The van der Waals surface area contributed by atoms with E-state index in [0.717, 1.165) is 0 Å². The van der Waals surface area contributed by atoms with E-state index in [-0.39, 0.29) is 1600 Å². The summed E-state index contributed by atoms with van der Waals surface area (Å²) in [5.41, 5.74) is 0. The predicted octanol–water partition coefficient (Wildman–Crippen LogP) is -213. The third-order valence-corrected chi connectivity index (χ3v) is 0. The molecule has 0 fully saturated rings. The van der Waals surface area contributed by atoms with Gasteiger partial charge in [0, 0.05) is 0 Å². The molecular weight excluding hydrogens is 2950 g/mol. The zero-order chi connectivity index (χ0) is 81.0.